The van der Waals surface area contributed by atoms with Crippen molar-refractivity contribution in [3.05, 3.63) is 42.5 Å². The minimum absolute atomic E-state index is 0.212. The van der Waals surface area contributed by atoms with Gasteiger partial charge in [0, 0.05) is 13.0 Å². The van der Waals surface area contributed by atoms with Crippen LogP contribution in [0.1, 0.15) is 37.7 Å². The van der Waals surface area contributed by atoms with Gasteiger partial charge in [0.2, 0.25) is 11.8 Å². The van der Waals surface area contributed by atoms with Crippen molar-refractivity contribution in [3.63, 3.8) is 0 Å². The summed E-state index contributed by atoms with van der Waals surface area (Å²) < 4.78 is 10.0. The van der Waals surface area contributed by atoms with Crippen LogP contribution in [0.5, 0.6) is 5.75 Å². The zero-order valence-corrected chi connectivity index (χ0v) is 18.8. The first-order valence-corrected chi connectivity index (χ1v) is 10.8. The Morgan fingerprint density at radius 3 is 2.47 bits per heavy atom. The lowest BCUT2D eigenvalue weighted by Gasteiger charge is -2.21. The van der Waals surface area contributed by atoms with Crippen LogP contribution in [0.4, 0.5) is 0 Å². The third-order valence-electron chi connectivity index (χ3n) is 4.75. The second-order valence-corrected chi connectivity index (χ2v) is 7.37. The number of ether oxygens (including phenoxy) is 2. The van der Waals surface area contributed by atoms with Crippen LogP contribution in [-0.4, -0.2) is 56.7 Å². The number of carbonyl (C=O) groups excluding carboxylic acids is 3. The van der Waals surface area contributed by atoms with Gasteiger partial charge < -0.3 is 31.6 Å². The molecule has 0 heterocycles. The molecule has 1 rings (SSSR count). The van der Waals surface area contributed by atoms with Crippen molar-refractivity contribution in [2.45, 2.75) is 50.6 Å². The molecule has 9 nitrogen and oxygen atoms in total. The second-order valence-electron chi connectivity index (χ2n) is 7.37. The molecule has 1 aromatic carbocycles. The maximum Gasteiger partial charge on any atom is 0.305 e. The van der Waals surface area contributed by atoms with E-state index in [0.717, 1.165) is 12.0 Å². The normalized spacial score (nSPS) is 12.3. The molecule has 32 heavy (non-hydrogen) atoms. The fraction of sp³-hybridized carbons (Fsp3) is 0.522. The van der Waals surface area contributed by atoms with Crippen LogP contribution < -0.4 is 26.8 Å². The van der Waals surface area contributed by atoms with Gasteiger partial charge in [-0.15, -0.1) is 0 Å². The number of hydrogen-bond donors (Lipinski definition) is 4. The number of unbranched alkanes of at least 4 members (excludes halogenated alkanes) is 1. The summed E-state index contributed by atoms with van der Waals surface area (Å²) in [5.74, 6) is -0.343. The predicted molar refractivity (Wildman–Crippen MR) is 123 cm³/mol. The fourth-order valence-corrected chi connectivity index (χ4v) is 2.93. The van der Waals surface area contributed by atoms with Gasteiger partial charge in [0.25, 0.3) is 0 Å². The van der Waals surface area contributed by atoms with Crippen molar-refractivity contribution >= 4 is 17.8 Å². The van der Waals surface area contributed by atoms with E-state index in [1.54, 1.807) is 18.2 Å². The third-order valence-corrected chi connectivity index (χ3v) is 4.75. The van der Waals surface area contributed by atoms with Gasteiger partial charge in [-0.25, -0.2) is 0 Å². The van der Waals surface area contributed by atoms with Crippen LogP contribution in [0.3, 0.4) is 0 Å². The standard InChI is InChI=1S/C23H36N4O5/c1-3-15-32-18-11-9-17(10-12-18)16-19(25)22(29)27-20(7-4-5-13-24)23(30)26-14-6-8-21(28)31-2/h3,9-12,19-20H,1,4-8,13-16,24-25H2,2H3,(H,26,30)(H,27,29)/t19-,20-/m0/s1. The van der Waals surface area contributed by atoms with E-state index in [2.05, 4.69) is 21.9 Å². The van der Waals surface area contributed by atoms with Crippen molar-refractivity contribution in [1.29, 1.82) is 0 Å². The topological polar surface area (TPSA) is 146 Å². The monoisotopic (exact) mass is 448 g/mol. The average Bonchev–Trinajstić information content (AvgIpc) is 2.80. The van der Waals surface area contributed by atoms with E-state index < -0.39 is 18.0 Å². The first-order chi connectivity index (χ1) is 15.4. The Balaban J connectivity index is 2.59. The second kappa shape index (κ2) is 15.8. The summed E-state index contributed by atoms with van der Waals surface area (Å²) in [6.45, 7) is 4.83. The molecule has 2 atom stereocenters. The number of nitrogens with one attached hydrogen (secondary N) is 2. The Morgan fingerprint density at radius 2 is 1.84 bits per heavy atom. The van der Waals surface area contributed by atoms with Crippen LogP contribution in [0.15, 0.2) is 36.9 Å². The van der Waals surface area contributed by atoms with Gasteiger partial charge in [-0.05, 0) is 56.3 Å². The largest absolute Gasteiger partial charge is 0.490 e. The molecule has 2 amide bonds. The highest BCUT2D eigenvalue weighted by molar-refractivity contribution is 5.89. The number of esters is 1. The van der Waals surface area contributed by atoms with Crippen LogP contribution >= 0.6 is 0 Å². The molecule has 1 aromatic rings. The van der Waals surface area contributed by atoms with Gasteiger partial charge in [-0.1, -0.05) is 24.8 Å². The van der Waals surface area contributed by atoms with Crippen molar-refractivity contribution in [3.8, 4) is 5.75 Å². The van der Waals surface area contributed by atoms with E-state index in [0.29, 0.717) is 51.1 Å². The Kier molecular flexibility index (Phi) is 13.4. The van der Waals surface area contributed by atoms with E-state index in [4.69, 9.17) is 16.2 Å². The van der Waals surface area contributed by atoms with E-state index >= 15 is 0 Å². The SMILES string of the molecule is C=CCOc1ccc(C[C@H](N)C(=O)N[C@@H](CCCCN)C(=O)NCCCC(=O)OC)cc1. The lowest BCUT2D eigenvalue weighted by molar-refractivity contribution is -0.140. The lowest BCUT2D eigenvalue weighted by atomic mass is 10.0. The average molecular weight is 449 g/mol. The van der Waals surface area contributed by atoms with Crippen molar-refractivity contribution in [2.24, 2.45) is 11.5 Å². The molecular weight excluding hydrogens is 412 g/mol. The van der Waals surface area contributed by atoms with E-state index in [1.807, 2.05) is 12.1 Å². The molecule has 0 saturated carbocycles. The Labute approximate surface area is 189 Å². The van der Waals surface area contributed by atoms with Crippen LogP contribution in [0, 0.1) is 0 Å². The van der Waals surface area contributed by atoms with Gasteiger partial charge in [-0.3, -0.25) is 14.4 Å². The summed E-state index contributed by atoms with van der Waals surface area (Å²) in [5.41, 5.74) is 12.5. The van der Waals surface area contributed by atoms with E-state index in [1.165, 1.54) is 7.11 Å². The quantitative estimate of drug-likeness (QED) is 0.166. The zero-order valence-electron chi connectivity index (χ0n) is 18.8. The maximum atomic E-state index is 12.6. The number of amides is 2. The zero-order chi connectivity index (χ0) is 23.8. The molecule has 0 fully saturated rings. The van der Waals surface area contributed by atoms with Gasteiger partial charge in [0.15, 0.2) is 0 Å². The molecule has 9 heteroatoms. The summed E-state index contributed by atoms with van der Waals surface area (Å²) in [6, 6.07) is 5.78. The highest BCUT2D eigenvalue weighted by atomic mass is 16.5. The summed E-state index contributed by atoms with van der Waals surface area (Å²) in [7, 11) is 1.32. The van der Waals surface area contributed by atoms with Crippen LogP contribution in [0.2, 0.25) is 0 Å². The summed E-state index contributed by atoms with van der Waals surface area (Å²) in [5, 5.41) is 5.50. The molecule has 6 N–H and O–H groups in total. The van der Waals surface area contributed by atoms with Crippen LogP contribution in [-0.2, 0) is 25.5 Å². The van der Waals surface area contributed by atoms with Crippen molar-refractivity contribution < 1.29 is 23.9 Å². The Bertz CT molecular complexity index is 724. The number of rotatable bonds is 16. The van der Waals surface area contributed by atoms with Gasteiger partial charge in [0.05, 0.1) is 13.2 Å². The summed E-state index contributed by atoms with van der Waals surface area (Å²) >= 11 is 0. The molecular formula is C23H36N4O5. The summed E-state index contributed by atoms with van der Waals surface area (Å²) in [6.07, 6.45) is 4.54. The molecule has 0 aliphatic carbocycles. The van der Waals surface area contributed by atoms with E-state index in [-0.39, 0.29) is 18.3 Å². The number of nitrogens with two attached hydrogens (primary N) is 2. The molecule has 0 spiro atoms. The first-order valence-electron chi connectivity index (χ1n) is 10.8. The molecule has 0 unspecified atom stereocenters. The molecule has 178 valence electrons. The minimum Gasteiger partial charge on any atom is -0.490 e. The Morgan fingerprint density at radius 1 is 1.12 bits per heavy atom. The number of carbonyl (C=O) groups is 3. The fourth-order valence-electron chi connectivity index (χ4n) is 2.93. The summed E-state index contributed by atoms with van der Waals surface area (Å²) in [4.78, 5) is 36.4. The number of benzene rings is 1. The number of hydrogen-bond acceptors (Lipinski definition) is 7. The molecule has 0 aromatic heterocycles. The van der Waals surface area contributed by atoms with Crippen molar-refractivity contribution in [1.82, 2.24) is 10.6 Å². The maximum absolute atomic E-state index is 12.6. The Hall–Kier alpha value is -2.91. The molecule has 0 aliphatic heterocycles. The first kappa shape index (κ1) is 27.1. The van der Waals surface area contributed by atoms with Crippen molar-refractivity contribution in [2.75, 3.05) is 26.8 Å². The van der Waals surface area contributed by atoms with Crippen LogP contribution in [0.25, 0.3) is 0 Å². The highest BCUT2D eigenvalue weighted by Gasteiger charge is 2.23. The predicted octanol–water partition coefficient (Wildman–Crippen LogP) is 0.804. The minimum atomic E-state index is -0.806. The molecule has 0 bridgehead atoms. The molecule has 0 aliphatic rings. The highest BCUT2D eigenvalue weighted by Crippen LogP contribution is 2.13. The van der Waals surface area contributed by atoms with Gasteiger partial charge in [0.1, 0.15) is 18.4 Å². The van der Waals surface area contributed by atoms with Gasteiger partial charge >= 0.3 is 5.97 Å². The smallest absolute Gasteiger partial charge is 0.305 e. The van der Waals surface area contributed by atoms with Gasteiger partial charge in [-0.2, -0.15) is 0 Å². The molecule has 0 radical (unpaired) electrons. The third kappa shape index (κ3) is 10.9. The van der Waals surface area contributed by atoms with E-state index in [9.17, 15) is 14.4 Å². The molecule has 0 saturated heterocycles. The lowest BCUT2D eigenvalue weighted by Crippen LogP contribution is -2.52. The number of methoxy groups -OCH3 is 1.